The van der Waals surface area contributed by atoms with Gasteiger partial charge in [-0.1, -0.05) is 48.5 Å². The van der Waals surface area contributed by atoms with Crippen LogP contribution < -0.4 is 0 Å². The first-order valence-corrected chi connectivity index (χ1v) is 8.77. The average Bonchev–Trinajstić information content (AvgIpc) is 2.67. The molecule has 116 valence electrons. The molecule has 0 atom stereocenters. The Bertz CT molecular complexity index is 951. The molecule has 3 aromatic rings. The van der Waals surface area contributed by atoms with Crippen molar-refractivity contribution in [2.45, 2.75) is 25.7 Å². The highest BCUT2D eigenvalue weighted by molar-refractivity contribution is 5.88. The van der Waals surface area contributed by atoms with Crippen molar-refractivity contribution in [1.29, 1.82) is 0 Å². The third-order valence-corrected chi connectivity index (χ3v) is 5.32. The molecular weight excluding hydrogens is 290 g/mol. The maximum absolute atomic E-state index is 4.63. The van der Waals surface area contributed by atoms with E-state index in [1.165, 1.54) is 39.0 Å². The van der Waals surface area contributed by atoms with Gasteiger partial charge in [-0.15, -0.1) is 0 Å². The Morgan fingerprint density at radius 2 is 1.62 bits per heavy atom. The van der Waals surface area contributed by atoms with Gasteiger partial charge in [0.25, 0.3) is 0 Å². The van der Waals surface area contributed by atoms with Crippen molar-refractivity contribution in [3.05, 3.63) is 94.8 Å². The zero-order valence-corrected chi connectivity index (χ0v) is 13.6. The number of rotatable bonds is 1. The maximum atomic E-state index is 4.63. The molecule has 0 saturated carbocycles. The number of fused-ring (bicyclic) bond motifs is 5. The first kappa shape index (κ1) is 13.7. The zero-order valence-electron chi connectivity index (χ0n) is 13.6. The summed E-state index contributed by atoms with van der Waals surface area (Å²) >= 11 is 0. The zero-order chi connectivity index (χ0) is 15.9. The maximum Gasteiger partial charge on any atom is 0.0704 e. The van der Waals surface area contributed by atoms with Crippen molar-refractivity contribution < 1.29 is 0 Å². The minimum absolute atomic E-state index is 1.10. The topological polar surface area (TPSA) is 12.9 Å². The molecule has 5 rings (SSSR count). The van der Waals surface area contributed by atoms with E-state index in [1.807, 2.05) is 12.3 Å². The highest BCUT2D eigenvalue weighted by Gasteiger charge is 2.24. The molecule has 1 aromatic heterocycles. The van der Waals surface area contributed by atoms with E-state index in [9.17, 15) is 0 Å². The summed E-state index contributed by atoms with van der Waals surface area (Å²) in [6, 6.07) is 19.7. The molecule has 0 unspecified atom stereocenters. The third kappa shape index (κ3) is 2.05. The number of hydrogen-bond donors (Lipinski definition) is 0. The molecule has 0 fully saturated rings. The molecule has 0 radical (unpaired) electrons. The van der Waals surface area contributed by atoms with Crippen molar-refractivity contribution in [1.82, 2.24) is 4.98 Å². The molecule has 0 spiro atoms. The molecular formula is C23H19N. The highest BCUT2D eigenvalue weighted by Crippen LogP contribution is 2.42. The van der Waals surface area contributed by atoms with Gasteiger partial charge in [-0.25, -0.2) is 0 Å². The van der Waals surface area contributed by atoms with Crippen molar-refractivity contribution in [2.24, 2.45) is 0 Å². The van der Waals surface area contributed by atoms with Crippen molar-refractivity contribution in [3.63, 3.8) is 0 Å². The molecule has 0 aliphatic heterocycles. The lowest BCUT2D eigenvalue weighted by atomic mass is 9.77. The van der Waals surface area contributed by atoms with Crippen LogP contribution in [0.4, 0.5) is 0 Å². The second-order valence-electron chi connectivity index (χ2n) is 6.65. The number of allylic oxidation sites excluding steroid dienone is 1. The molecule has 24 heavy (non-hydrogen) atoms. The van der Waals surface area contributed by atoms with E-state index < -0.39 is 0 Å². The first-order valence-electron chi connectivity index (χ1n) is 8.77. The molecule has 1 heterocycles. The molecule has 1 nitrogen and oxygen atoms in total. The number of nitrogens with zero attached hydrogens (tertiary/aromatic N) is 1. The van der Waals surface area contributed by atoms with E-state index in [0.717, 1.165) is 31.4 Å². The minimum Gasteiger partial charge on any atom is -0.256 e. The lowest BCUT2D eigenvalue weighted by Crippen LogP contribution is -2.12. The van der Waals surface area contributed by atoms with Crippen LogP contribution >= 0.6 is 0 Å². The standard InChI is InChI=1S/C23H19N/c1-2-8-18-16(6-1)11-14-20-19(18)13-12-17-7-5-9-21(23(17)20)22-10-3-4-15-24-22/h1-4,6,8-10,12-13,15H,5,7,11,14H2. The van der Waals surface area contributed by atoms with Gasteiger partial charge in [-0.3, -0.25) is 4.98 Å². The van der Waals surface area contributed by atoms with Gasteiger partial charge < -0.3 is 0 Å². The molecule has 0 bridgehead atoms. The van der Waals surface area contributed by atoms with Gasteiger partial charge in [-0.05, 0) is 71.2 Å². The number of pyridine rings is 1. The summed E-state index contributed by atoms with van der Waals surface area (Å²) < 4.78 is 0. The molecule has 2 aliphatic rings. The lowest BCUT2D eigenvalue weighted by molar-refractivity contribution is 0.910. The van der Waals surface area contributed by atoms with Gasteiger partial charge in [0.05, 0.1) is 5.69 Å². The predicted molar refractivity (Wildman–Crippen MR) is 98.9 cm³/mol. The van der Waals surface area contributed by atoms with Crippen LogP contribution in [0.25, 0.3) is 16.7 Å². The van der Waals surface area contributed by atoms with Crippen LogP contribution in [0.15, 0.2) is 66.9 Å². The van der Waals surface area contributed by atoms with E-state index >= 15 is 0 Å². The molecule has 0 amide bonds. The molecule has 2 aromatic carbocycles. The van der Waals surface area contributed by atoms with E-state index in [1.54, 1.807) is 0 Å². The van der Waals surface area contributed by atoms with Crippen molar-refractivity contribution in [2.75, 3.05) is 0 Å². The Morgan fingerprint density at radius 1 is 0.708 bits per heavy atom. The lowest BCUT2D eigenvalue weighted by Gasteiger charge is -2.27. The summed E-state index contributed by atoms with van der Waals surface area (Å²) in [5, 5.41) is 0. The quantitative estimate of drug-likeness (QED) is 0.600. The third-order valence-electron chi connectivity index (χ3n) is 5.32. The van der Waals surface area contributed by atoms with Crippen LogP contribution in [-0.2, 0) is 19.3 Å². The number of hydrogen-bond acceptors (Lipinski definition) is 1. The SMILES string of the molecule is C1=C(c2ccccn2)c2c(ccc3c2CCc2ccccc2-3)CC1. The largest absolute Gasteiger partial charge is 0.256 e. The second-order valence-corrected chi connectivity index (χ2v) is 6.65. The van der Waals surface area contributed by atoms with Crippen LogP contribution in [0.5, 0.6) is 0 Å². The number of aryl methyl sites for hydroxylation is 2. The fourth-order valence-electron chi connectivity index (χ4n) is 4.24. The van der Waals surface area contributed by atoms with Gasteiger partial charge in [0.15, 0.2) is 0 Å². The fourth-order valence-corrected chi connectivity index (χ4v) is 4.24. The Morgan fingerprint density at radius 3 is 2.54 bits per heavy atom. The summed E-state index contributed by atoms with van der Waals surface area (Å²) in [5.74, 6) is 0. The average molecular weight is 309 g/mol. The molecule has 0 saturated heterocycles. The summed E-state index contributed by atoms with van der Waals surface area (Å²) in [6.45, 7) is 0. The van der Waals surface area contributed by atoms with E-state index in [0.29, 0.717) is 0 Å². The Hall–Kier alpha value is -2.67. The minimum atomic E-state index is 1.10. The van der Waals surface area contributed by atoms with Gasteiger partial charge >= 0.3 is 0 Å². The van der Waals surface area contributed by atoms with Gasteiger partial charge in [0.1, 0.15) is 0 Å². The Labute approximate surface area is 142 Å². The Balaban J connectivity index is 1.76. The monoisotopic (exact) mass is 309 g/mol. The number of benzene rings is 2. The second kappa shape index (κ2) is 5.45. The summed E-state index contributed by atoms with van der Waals surface area (Å²) in [6.07, 6.45) is 8.78. The molecule has 1 heteroatoms. The van der Waals surface area contributed by atoms with Crippen molar-refractivity contribution >= 4 is 5.57 Å². The van der Waals surface area contributed by atoms with Crippen LogP contribution in [0.3, 0.4) is 0 Å². The summed E-state index contributed by atoms with van der Waals surface area (Å²) in [4.78, 5) is 4.63. The van der Waals surface area contributed by atoms with E-state index in [4.69, 9.17) is 0 Å². The van der Waals surface area contributed by atoms with Crippen LogP contribution in [0.1, 0.15) is 34.4 Å². The molecule has 0 N–H and O–H groups in total. The number of aromatic nitrogens is 1. The predicted octanol–water partition coefficient (Wildman–Crippen LogP) is 5.23. The van der Waals surface area contributed by atoms with Gasteiger partial charge in [0.2, 0.25) is 0 Å². The van der Waals surface area contributed by atoms with Crippen molar-refractivity contribution in [3.8, 4) is 11.1 Å². The fraction of sp³-hybridized carbons (Fsp3) is 0.174. The van der Waals surface area contributed by atoms with Crippen LogP contribution in [0, 0.1) is 0 Å². The van der Waals surface area contributed by atoms with Crippen LogP contribution in [0.2, 0.25) is 0 Å². The highest BCUT2D eigenvalue weighted by atomic mass is 14.7. The normalized spacial score (nSPS) is 15.1. The van der Waals surface area contributed by atoms with E-state index in [-0.39, 0.29) is 0 Å². The smallest absolute Gasteiger partial charge is 0.0704 e. The summed E-state index contributed by atoms with van der Waals surface area (Å²) in [7, 11) is 0. The molecule has 2 aliphatic carbocycles. The van der Waals surface area contributed by atoms with Gasteiger partial charge in [0, 0.05) is 11.8 Å². The summed E-state index contributed by atoms with van der Waals surface area (Å²) in [5.41, 5.74) is 11.2. The Kier molecular flexibility index (Phi) is 3.12. The van der Waals surface area contributed by atoms with Gasteiger partial charge in [-0.2, -0.15) is 0 Å². The first-order chi connectivity index (χ1) is 11.9. The van der Waals surface area contributed by atoms with Crippen LogP contribution in [-0.4, -0.2) is 4.98 Å². The van der Waals surface area contributed by atoms with E-state index in [2.05, 4.69) is 59.6 Å².